The smallest absolute Gasteiger partial charge is 0.253 e. The maximum Gasteiger partial charge on any atom is 0.253 e. The van der Waals surface area contributed by atoms with Gasteiger partial charge in [0.05, 0.1) is 23.6 Å². The first-order chi connectivity index (χ1) is 7.20. The molecular weight excluding hydrogens is 194 g/mol. The molecule has 0 aliphatic heterocycles. The molecule has 1 heterocycles. The first-order valence-corrected chi connectivity index (χ1v) is 4.97. The maximum atomic E-state index is 11.5. The summed E-state index contributed by atoms with van der Waals surface area (Å²) >= 11 is 0. The Morgan fingerprint density at radius 1 is 1.53 bits per heavy atom. The molecule has 1 fully saturated rings. The molecule has 0 atom stereocenters. The van der Waals surface area contributed by atoms with E-state index in [2.05, 4.69) is 15.5 Å². The number of aromatic nitrogens is 2. The zero-order valence-corrected chi connectivity index (χ0v) is 8.31. The van der Waals surface area contributed by atoms with E-state index in [0.717, 1.165) is 19.3 Å². The van der Waals surface area contributed by atoms with Crippen LogP contribution in [0.25, 0.3) is 0 Å². The van der Waals surface area contributed by atoms with Crippen molar-refractivity contribution in [3.8, 4) is 0 Å². The summed E-state index contributed by atoms with van der Waals surface area (Å²) in [4.78, 5) is 11.5. The van der Waals surface area contributed by atoms with Crippen LogP contribution in [0.4, 0.5) is 0 Å². The first kappa shape index (κ1) is 10.0. The van der Waals surface area contributed by atoms with Crippen LogP contribution in [0, 0.1) is 0 Å². The highest BCUT2D eigenvalue weighted by Gasteiger charge is 2.34. The van der Waals surface area contributed by atoms with E-state index < -0.39 is 5.60 Å². The lowest BCUT2D eigenvalue weighted by molar-refractivity contribution is -0.0300. The Labute approximate surface area is 87.5 Å². The fourth-order valence-electron chi connectivity index (χ4n) is 1.53. The summed E-state index contributed by atoms with van der Waals surface area (Å²) < 4.78 is 0. The lowest BCUT2D eigenvalue weighted by Crippen LogP contribution is -2.47. The van der Waals surface area contributed by atoms with E-state index in [9.17, 15) is 9.90 Å². The summed E-state index contributed by atoms with van der Waals surface area (Å²) in [6.45, 7) is 0.314. The molecule has 0 spiro atoms. The van der Waals surface area contributed by atoms with Crippen molar-refractivity contribution in [1.29, 1.82) is 0 Å². The minimum atomic E-state index is -0.684. The highest BCUT2D eigenvalue weighted by Crippen LogP contribution is 2.30. The van der Waals surface area contributed by atoms with Gasteiger partial charge in [0.25, 0.3) is 5.91 Å². The van der Waals surface area contributed by atoms with E-state index in [-0.39, 0.29) is 5.91 Å². The van der Waals surface area contributed by atoms with E-state index >= 15 is 0 Å². The Balaban J connectivity index is 1.88. The number of hydrogen-bond donors (Lipinski definition) is 2. The number of aliphatic hydroxyl groups is 1. The fourth-order valence-corrected chi connectivity index (χ4v) is 1.53. The van der Waals surface area contributed by atoms with Crippen LogP contribution in [0.2, 0.25) is 0 Å². The third kappa shape index (κ3) is 2.30. The molecule has 1 aliphatic carbocycles. The Morgan fingerprint density at radius 3 is 2.87 bits per heavy atom. The maximum absolute atomic E-state index is 11.5. The second-order valence-corrected chi connectivity index (χ2v) is 3.89. The van der Waals surface area contributed by atoms with Gasteiger partial charge in [-0.2, -0.15) is 10.2 Å². The van der Waals surface area contributed by atoms with Crippen LogP contribution in [-0.4, -0.2) is 33.4 Å². The molecular formula is C10H13N3O2. The van der Waals surface area contributed by atoms with Gasteiger partial charge >= 0.3 is 0 Å². The van der Waals surface area contributed by atoms with Gasteiger partial charge in [0.1, 0.15) is 0 Å². The molecule has 1 saturated carbocycles. The summed E-state index contributed by atoms with van der Waals surface area (Å²) in [6, 6.07) is 1.59. The van der Waals surface area contributed by atoms with Crippen LogP contribution >= 0.6 is 0 Å². The van der Waals surface area contributed by atoms with Gasteiger partial charge in [0, 0.05) is 6.54 Å². The number of carbonyl (C=O) groups excluding carboxylic acids is 1. The molecule has 2 rings (SSSR count). The largest absolute Gasteiger partial charge is 0.388 e. The third-order valence-corrected chi connectivity index (χ3v) is 2.71. The van der Waals surface area contributed by atoms with Gasteiger partial charge in [0.2, 0.25) is 0 Å². The quantitative estimate of drug-likeness (QED) is 0.738. The van der Waals surface area contributed by atoms with Crippen molar-refractivity contribution in [3.63, 3.8) is 0 Å². The van der Waals surface area contributed by atoms with Crippen LogP contribution < -0.4 is 5.32 Å². The molecule has 2 N–H and O–H groups in total. The summed E-state index contributed by atoms with van der Waals surface area (Å²) in [5, 5.41) is 19.6. The highest BCUT2D eigenvalue weighted by atomic mass is 16.3. The normalized spacial score (nSPS) is 17.9. The number of amides is 1. The average Bonchev–Trinajstić information content (AvgIpc) is 2.24. The van der Waals surface area contributed by atoms with Crippen LogP contribution in [-0.2, 0) is 0 Å². The monoisotopic (exact) mass is 207 g/mol. The molecule has 15 heavy (non-hydrogen) atoms. The van der Waals surface area contributed by atoms with E-state index in [0.29, 0.717) is 12.1 Å². The van der Waals surface area contributed by atoms with Crippen LogP contribution in [0.15, 0.2) is 18.5 Å². The van der Waals surface area contributed by atoms with E-state index in [1.165, 1.54) is 12.4 Å². The molecule has 0 aromatic carbocycles. The number of nitrogens with zero attached hydrogens (tertiary/aromatic N) is 2. The van der Waals surface area contributed by atoms with Crippen LogP contribution in [0.5, 0.6) is 0 Å². The molecule has 1 aromatic rings. The molecule has 0 unspecified atom stereocenters. The van der Waals surface area contributed by atoms with Gasteiger partial charge in [-0.3, -0.25) is 4.79 Å². The first-order valence-electron chi connectivity index (χ1n) is 4.97. The molecule has 1 aromatic heterocycles. The van der Waals surface area contributed by atoms with Crippen molar-refractivity contribution < 1.29 is 9.90 Å². The van der Waals surface area contributed by atoms with E-state index in [4.69, 9.17) is 0 Å². The van der Waals surface area contributed by atoms with Crippen LogP contribution in [0.3, 0.4) is 0 Å². The molecule has 0 radical (unpaired) electrons. The van der Waals surface area contributed by atoms with Gasteiger partial charge < -0.3 is 10.4 Å². The standard InChI is InChI=1S/C10H13N3O2/c14-9(8-2-5-12-13-6-8)11-7-10(15)3-1-4-10/h2,5-6,15H,1,3-4,7H2,(H,11,14). The fraction of sp³-hybridized carbons (Fsp3) is 0.500. The second kappa shape index (κ2) is 3.94. The molecule has 1 aliphatic rings. The number of rotatable bonds is 3. The van der Waals surface area contributed by atoms with Gasteiger partial charge in [0.15, 0.2) is 0 Å². The minimum absolute atomic E-state index is 0.217. The molecule has 0 saturated heterocycles. The van der Waals surface area contributed by atoms with Crippen molar-refractivity contribution in [2.45, 2.75) is 24.9 Å². The predicted octanol–water partition coefficient (Wildman–Crippen LogP) is 0.121. The van der Waals surface area contributed by atoms with Crippen molar-refractivity contribution in [3.05, 3.63) is 24.0 Å². The van der Waals surface area contributed by atoms with E-state index in [1.807, 2.05) is 0 Å². The zero-order chi connectivity index (χ0) is 10.7. The predicted molar refractivity (Wildman–Crippen MR) is 53.2 cm³/mol. The Bertz CT molecular complexity index is 349. The lowest BCUT2D eigenvalue weighted by Gasteiger charge is -2.36. The topological polar surface area (TPSA) is 75.1 Å². The molecule has 0 bridgehead atoms. The Kier molecular flexibility index (Phi) is 2.64. The number of hydrogen-bond acceptors (Lipinski definition) is 4. The van der Waals surface area contributed by atoms with Crippen molar-refractivity contribution >= 4 is 5.91 Å². The Morgan fingerprint density at radius 2 is 2.33 bits per heavy atom. The highest BCUT2D eigenvalue weighted by molar-refractivity contribution is 5.93. The number of nitrogens with one attached hydrogen (secondary N) is 1. The molecule has 5 nitrogen and oxygen atoms in total. The SMILES string of the molecule is O=C(NCC1(O)CCC1)c1ccnnc1. The summed E-state index contributed by atoms with van der Waals surface area (Å²) in [5.74, 6) is -0.217. The summed E-state index contributed by atoms with van der Waals surface area (Å²) in [6.07, 6.45) is 5.43. The van der Waals surface area contributed by atoms with Crippen LogP contribution in [0.1, 0.15) is 29.6 Å². The van der Waals surface area contributed by atoms with Crippen molar-refractivity contribution in [2.75, 3.05) is 6.54 Å². The van der Waals surface area contributed by atoms with Crippen molar-refractivity contribution in [2.24, 2.45) is 0 Å². The van der Waals surface area contributed by atoms with Gasteiger partial charge in [-0.15, -0.1) is 0 Å². The lowest BCUT2D eigenvalue weighted by atomic mass is 9.80. The Hall–Kier alpha value is -1.49. The van der Waals surface area contributed by atoms with Crippen molar-refractivity contribution in [1.82, 2.24) is 15.5 Å². The third-order valence-electron chi connectivity index (χ3n) is 2.71. The van der Waals surface area contributed by atoms with E-state index in [1.54, 1.807) is 6.07 Å². The minimum Gasteiger partial charge on any atom is -0.388 e. The second-order valence-electron chi connectivity index (χ2n) is 3.89. The van der Waals surface area contributed by atoms with Gasteiger partial charge in [-0.25, -0.2) is 0 Å². The number of carbonyl (C=O) groups is 1. The molecule has 1 amide bonds. The molecule has 80 valence electrons. The molecule has 5 heteroatoms. The van der Waals surface area contributed by atoms with Gasteiger partial charge in [-0.1, -0.05) is 0 Å². The summed E-state index contributed by atoms with van der Waals surface area (Å²) in [5.41, 5.74) is -0.219. The van der Waals surface area contributed by atoms with Gasteiger partial charge in [-0.05, 0) is 25.3 Å². The zero-order valence-electron chi connectivity index (χ0n) is 8.31. The average molecular weight is 207 g/mol. The summed E-state index contributed by atoms with van der Waals surface area (Å²) in [7, 11) is 0.